The maximum absolute atomic E-state index is 12.4. The molecule has 0 saturated heterocycles. The van der Waals surface area contributed by atoms with Crippen molar-refractivity contribution in [3.63, 3.8) is 0 Å². The van der Waals surface area contributed by atoms with Crippen LogP contribution in [0.3, 0.4) is 0 Å². The van der Waals surface area contributed by atoms with Crippen LogP contribution < -0.4 is 10.2 Å². The molecule has 0 spiro atoms. The molecule has 1 heterocycles. The number of fused-ring (bicyclic) bond motifs is 1. The second-order valence-corrected chi connectivity index (χ2v) is 5.90. The van der Waals surface area contributed by atoms with Crippen LogP contribution in [-0.2, 0) is 4.79 Å². The lowest BCUT2D eigenvalue weighted by molar-refractivity contribution is -0.116. The van der Waals surface area contributed by atoms with E-state index >= 15 is 0 Å². The first-order chi connectivity index (χ1) is 9.58. The van der Waals surface area contributed by atoms with E-state index in [0.717, 1.165) is 32.7 Å². The van der Waals surface area contributed by atoms with Crippen LogP contribution in [0.25, 0.3) is 0 Å². The van der Waals surface area contributed by atoms with Gasteiger partial charge in [-0.15, -0.1) is 0 Å². The van der Waals surface area contributed by atoms with Gasteiger partial charge in [0.15, 0.2) is 0 Å². The number of amides is 1. The molecule has 1 N–H and O–H groups in total. The first-order valence-corrected chi connectivity index (χ1v) is 7.30. The summed E-state index contributed by atoms with van der Waals surface area (Å²) in [5.74, 6) is 0.0669. The number of nitrogens with one attached hydrogen (secondary N) is 1. The number of benzene rings is 2. The monoisotopic (exact) mass is 330 g/mol. The van der Waals surface area contributed by atoms with E-state index < -0.39 is 0 Å². The van der Waals surface area contributed by atoms with Gasteiger partial charge in [-0.3, -0.25) is 9.69 Å². The van der Waals surface area contributed by atoms with Gasteiger partial charge in [0.2, 0.25) is 0 Å². The van der Waals surface area contributed by atoms with Gasteiger partial charge in [-0.05, 0) is 43.2 Å². The summed E-state index contributed by atoms with van der Waals surface area (Å²) in [5.41, 5.74) is 5.08. The molecule has 0 unspecified atom stereocenters. The quantitative estimate of drug-likeness (QED) is 0.851. The number of halogens is 1. The maximum atomic E-state index is 12.4. The van der Waals surface area contributed by atoms with E-state index in [1.807, 2.05) is 55.1 Å². The fourth-order valence-corrected chi connectivity index (χ4v) is 2.99. The van der Waals surface area contributed by atoms with Gasteiger partial charge in [0.25, 0.3) is 5.91 Å². The standard InChI is InChI=1S/C16H15BrN2O/c1-10-4-3-5-11(2)16(10)19-14-7-6-12(17)8-13(14)18-9-15(19)20/h3-8,18H,9H2,1-2H3. The molecule has 4 heteroatoms. The molecule has 0 atom stereocenters. The fraction of sp³-hybridized carbons (Fsp3) is 0.188. The minimum Gasteiger partial charge on any atom is -0.374 e. The summed E-state index contributed by atoms with van der Waals surface area (Å²) in [6.45, 7) is 4.39. The Morgan fingerprint density at radius 1 is 1.15 bits per heavy atom. The largest absolute Gasteiger partial charge is 0.374 e. The van der Waals surface area contributed by atoms with E-state index in [1.165, 1.54) is 0 Å². The van der Waals surface area contributed by atoms with Gasteiger partial charge in [-0.2, -0.15) is 0 Å². The predicted molar refractivity (Wildman–Crippen MR) is 85.7 cm³/mol. The third kappa shape index (κ3) is 2.10. The molecular formula is C16H15BrN2O. The van der Waals surface area contributed by atoms with Gasteiger partial charge in [0.05, 0.1) is 23.6 Å². The molecule has 1 aliphatic rings. The number of anilines is 3. The van der Waals surface area contributed by atoms with Gasteiger partial charge in [0, 0.05) is 4.47 Å². The lowest BCUT2D eigenvalue weighted by atomic mass is 10.1. The molecule has 1 amide bonds. The minimum atomic E-state index is 0.0669. The zero-order valence-electron chi connectivity index (χ0n) is 11.4. The summed E-state index contributed by atoms with van der Waals surface area (Å²) < 4.78 is 1.000. The fourth-order valence-electron chi connectivity index (χ4n) is 2.63. The normalized spacial score (nSPS) is 13.9. The van der Waals surface area contributed by atoms with Crippen molar-refractivity contribution in [1.82, 2.24) is 0 Å². The lowest BCUT2D eigenvalue weighted by Gasteiger charge is -2.32. The van der Waals surface area contributed by atoms with Crippen molar-refractivity contribution in [2.45, 2.75) is 13.8 Å². The molecular weight excluding hydrogens is 316 g/mol. The highest BCUT2D eigenvalue weighted by Crippen LogP contribution is 2.39. The topological polar surface area (TPSA) is 32.3 Å². The molecule has 0 fully saturated rings. The molecule has 0 saturated carbocycles. The van der Waals surface area contributed by atoms with E-state index in [0.29, 0.717) is 6.54 Å². The van der Waals surface area contributed by atoms with E-state index in [4.69, 9.17) is 0 Å². The van der Waals surface area contributed by atoms with E-state index in [2.05, 4.69) is 21.2 Å². The molecule has 2 aromatic rings. The maximum Gasteiger partial charge on any atom is 0.250 e. The lowest BCUT2D eigenvalue weighted by Crippen LogP contribution is -2.37. The van der Waals surface area contributed by atoms with Crippen LogP contribution in [0.1, 0.15) is 11.1 Å². The molecule has 3 nitrogen and oxygen atoms in total. The van der Waals surface area contributed by atoms with E-state index in [-0.39, 0.29) is 5.91 Å². The molecule has 1 aliphatic heterocycles. The highest BCUT2D eigenvalue weighted by Gasteiger charge is 2.27. The summed E-state index contributed by atoms with van der Waals surface area (Å²) in [5, 5.41) is 3.17. The van der Waals surface area contributed by atoms with Crippen molar-refractivity contribution in [1.29, 1.82) is 0 Å². The Morgan fingerprint density at radius 3 is 2.55 bits per heavy atom. The number of carbonyl (C=O) groups is 1. The van der Waals surface area contributed by atoms with E-state index in [9.17, 15) is 4.79 Å². The van der Waals surface area contributed by atoms with Gasteiger partial charge in [-0.1, -0.05) is 34.1 Å². The van der Waals surface area contributed by atoms with Crippen LogP contribution in [0.4, 0.5) is 17.1 Å². The Morgan fingerprint density at radius 2 is 1.85 bits per heavy atom. The zero-order valence-corrected chi connectivity index (χ0v) is 13.0. The molecule has 102 valence electrons. The number of rotatable bonds is 1. The number of hydrogen-bond acceptors (Lipinski definition) is 2. The van der Waals surface area contributed by atoms with Gasteiger partial charge in [-0.25, -0.2) is 0 Å². The van der Waals surface area contributed by atoms with Crippen molar-refractivity contribution < 1.29 is 4.79 Å². The highest BCUT2D eigenvalue weighted by atomic mass is 79.9. The summed E-state index contributed by atoms with van der Waals surface area (Å²) in [6.07, 6.45) is 0. The Labute approximate surface area is 126 Å². The second-order valence-electron chi connectivity index (χ2n) is 4.98. The first kappa shape index (κ1) is 13.2. The summed E-state index contributed by atoms with van der Waals surface area (Å²) in [6, 6.07) is 12.0. The number of para-hydroxylation sites is 1. The van der Waals surface area contributed by atoms with Crippen LogP contribution in [0.5, 0.6) is 0 Å². The second kappa shape index (κ2) is 4.94. The zero-order chi connectivity index (χ0) is 14.3. The van der Waals surface area contributed by atoms with Gasteiger partial charge >= 0.3 is 0 Å². The Bertz CT molecular complexity index is 677. The van der Waals surface area contributed by atoms with E-state index in [1.54, 1.807) is 0 Å². The molecule has 0 aromatic heterocycles. The van der Waals surface area contributed by atoms with Crippen LogP contribution >= 0.6 is 15.9 Å². The van der Waals surface area contributed by atoms with Crippen LogP contribution in [-0.4, -0.2) is 12.5 Å². The molecule has 0 bridgehead atoms. The average molecular weight is 331 g/mol. The van der Waals surface area contributed by atoms with Gasteiger partial charge in [0.1, 0.15) is 0 Å². The Kier molecular flexibility index (Phi) is 3.26. The highest BCUT2D eigenvalue weighted by molar-refractivity contribution is 9.10. The summed E-state index contributed by atoms with van der Waals surface area (Å²) in [7, 11) is 0. The van der Waals surface area contributed by atoms with Crippen molar-refractivity contribution in [2.75, 3.05) is 16.8 Å². The Hall–Kier alpha value is -1.81. The van der Waals surface area contributed by atoms with Crippen molar-refractivity contribution >= 4 is 38.9 Å². The number of nitrogens with zero attached hydrogens (tertiary/aromatic N) is 1. The summed E-state index contributed by atoms with van der Waals surface area (Å²) in [4.78, 5) is 14.2. The number of carbonyl (C=O) groups excluding carboxylic acids is 1. The SMILES string of the molecule is Cc1cccc(C)c1N1C(=O)CNc2cc(Br)ccc21. The third-order valence-electron chi connectivity index (χ3n) is 3.54. The third-order valence-corrected chi connectivity index (χ3v) is 4.04. The molecule has 3 rings (SSSR count). The van der Waals surface area contributed by atoms with Crippen molar-refractivity contribution in [3.8, 4) is 0 Å². The Balaban J connectivity index is 2.21. The van der Waals surface area contributed by atoms with Crippen molar-refractivity contribution in [3.05, 3.63) is 52.0 Å². The number of aryl methyl sites for hydroxylation is 2. The van der Waals surface area contributed by atoms with Gasteiger partial charge < -0.3 is 5.32 Å². The smallest absolute Gasteiger partial charge is 0.250 e. The molecule has 2 aromatic carbocycles. The number of hydrogen-bond donors (Lipinski definition) is 1. The molecule has 0 radical (unpaired) electrons. The van der Waals surface area contributed by atoms with Crippen LogP contribution in [0.2, 0.25) is 0 Å². The molecule has 20 heavy (non-hydrogen) atoms. The predicted octanol–water partition coefficient (Wildman–Crippen LogP) is 4.16. The van der Waals surface area contributed by atoms with Crippen molar-refractivity contribution in [2.24, 2.45) is 0 Å². The average Bonchev–Trinajstić information content (AvgIpc) is 2.41. The molecule has 0 aliphatic carbocycles. The van der Waals surface area contributed by atoms with Crippen LogP contribution in [0, 0.1) is 13.8 Å². The van der Waals surface area contributed by atoms with Crippen LogP contribution in [0.15, 0.2) is 40.9 Å². The first-order valence-electron chi connectivity index (χ1n) is 6.50. The summed E-state index contributed by atoms with van der Waals surface area (Å²) >= 11 is 3.47. The minimum absolute atomic E-state index is 0.0669.